The van der Waals surface area contributed by atoms with Gasteiger partial charge in [-0.1, -0.05) is 22.9 Å². The number of aromatic nitrogens is 1. The van der Waals surface area contributed by atoms with E-state index >= 15 is 0 Å². The summed E-state index contributed by atoms with van der Waals surface area (Å²) in [5, 5.41) is 12.4. The van der Waals surface area contributed by atoms with Crippen LogP contribution in [-0.4, -0.2) is 21.8 Å². The van der Waals surface area contributed by atoms with Crippen molar-refractivity contribution >= 4 is 32.5 Å². The Kier molecular flexibility index (Phi) is 4.89. The fourth-order valence-corrected chi connectivity index (χ4v) is 2.53. The molecule has 0 radical (unpaired) electrons. The molecule has 1 atom stereocenters. The molecule has 0 N–H and O–H groups in total. The Morgan fingerprint density at radius 1 is 1.45 bits per heavy atom. The first kappa shape index (κ1) is 14.7. The molecule has 0 fully saturated rings. The van der Waals surface area contributed by atoms with Crippen LogP contribution in [0.25, 0.3) is 10.9 Å². The molecule has 0 saturated heterocycles. The zero-order valence-electron chi connectivity index (χ0n) is 11.1. The van der Waals surface area contributed by atoms with Crippen LogP contribution in [0.2, 0.25) is 0 Å². The van der Waals surface area contributed by atoms with E-state index in [2.05, 4.69) is 27.8 Å². The van der Waals surface area contributed by atoms with E-state index in [0.29, 0.717) is 29.2 Å². The van der Waals surface area contributed by atoms with Crippen molar-refractivity contribution in [2.75, 3.05) is 11.9 Å². The Labute approximate surface area is 125 Å². The van der Waals surface area contributed by atoms with Gasteiger partial charge < -0.3 is 4.74 Å². The summed E-state index contributed by atoms with van der Waals surface area (Å²) < 4.78 is 5.78. The summed E-state index contributed by atoms with van der Waals surface area (Å²) in [4.78, 5) is 14.8. The van der Waals surface area contributed by atoms with E-state index in [0.717, 1.165) is 11.8 Å². The van der Waals surface area contributed by atoms with Crippen LogP contribution in [0.4, 0.5) is 5.69 Å². The minimum atomic E-state index is -0.402. The number of nitro benzene ring substituents is 1. The molecular weight excluding hydrogens is 324 g/mol. The minimum Gasteiger partial charge on any atom is -0.491 e. The lowest BCUT2D eigenvalue weighted by Gasteiger charge is -2.14. The highest BCUT2D eigenvalue weighted by Gasteiger charge is 2.16. The Hall–Kier alpha value is -1.69. The monoisotopic (exact) mass is 338 g/mol. The van der Waals surface area contributed by atoms with Gasteiger partial charge >= 0.3 is 0 Å². The van der Waals surface area contributed by atoms with E-state index in [1.165, 1.54) is 6.07 Å². The van der Waals surface area contributed by atoms with Gasteiger partial charge in [-0.05, 0) is 24.6 Å². The van der Waals surface area contributed by atoms with Crippen LogP contribution in [0.3, 0.4) is 0 Å². The number of hydrogen-bond acceptors (Lipinski definition) is 4. The number of alkyl halides is 1. The molecule has 0 saturated carbocycles. The van der Waals surface area contributed by atoms with Crippen molar-refractivity contribution in [2.24, 2.45) is 5.92 Å². The van der Waals surface area contributed by atoms with Gasteiger partial charge in [0.05, 0.1) is 16.9 Å². The van der Waals surface area contributed by atoms with Crippen LogP contribution in [0.5, 0.6) is 5.75 Å². The predicted molar refractivity (Wildman–Crippen MR) is 81.5 cm³/mol. The van der Waals surface area contributed by atoms with Crippen molar-refractivity contribution in [1.29, 1.82) is 0 Å². The lowest BCUT2D eigenvalue weighted by Crippen LogP contribution is -2.12. The van der Waals surface area contributed by atoms with Gasteiger partial charge in [-0.3, -0.25) is 15.1 Å². The Bertz CT molecular complexity index is 614. The number of benzene rings is 1. The summed E-state index contributed by atoms with van der Waals surface area (Å²) in [5.74, 6) is 0.995. The Morgan fingerprint density at radius 2 is 2.25 bits per heavy atom. The molecular formula is C14H15BrN2O3. The van der Waals surface area contributed by atoms with E-state index < -0.39 is 4.92 Å². The second-order valence-corrected chi connectivity index (χ2v) is 5.13. The molecule has 6 heteroatoms. The Morgan fingerprint density at radius 3 is 2.90 bits per heavy atom. The van der Waals surface area contributed by atoms with Crippen molar-refractivity contribution < 1.29 is 9.66 Å². The standard InChI is InChI=1S/C14H15BrN2O3/c1-2-10(8-15)9-20-13-6-5-12(17(18)19)11-4-3-7-16-14(11)13/h3-7,10H,2,8-9H2,1H3. The van der Waals surface area contributed by atoms with Gasteiger partial charge in [0.15, 0.2) is 0 Å². The molecule has 20 heavy (non-hydrogen) atoms. The maximum Gasteiger partial charge on any atom is 0.279 e. The van der Waals surface area contributed by atoms with E-state index in [4.69, 9.17) is 4.74 Å². The zero-order valence-corrected chi connectivity index (χ0v) is 12.7. The quantitative estimate of drug-likeness (QED) is 0.454. The fourth-order valence-electron chi connectivity index (χ4n) is 1.89. The lowest BCUT2D eigenvalue weighted by atomic mass is 10.1. The van der Waals surface area contributed by atoms with E-state index in [-0.39, 0.29) is 5.69 Å². The Balaban J connectivity index is 2.36. The van der Waals surface area contributed by atoms with Gasteiger partial charge in [0.1, 0.15) is 11.3 Å². The molecule has 0 spiro atoms. The third-order valence-corrected chi connectivity index (χ3v) is 4.09. The molecule has 2 rings (SSSR count). The van der Waals surface area contributed by atoms with Gasteiger partial charge in [0, 0.05) is 23.5 Å². The third-order valence-electron chi connectivity index (χ3n) is 3.18. The number of pyridine rings is 1. The maximum absolute atomic E-state index is 11.0. The normalized spacial score (nSPS) is 12.3. The van der Waals surface area contributed by atoms with Gasteiger partial charge in [0.2, 0.25) is 0 Å². The molecule has 0 aliphatic heterocycles. The summed E-state index contributed by atoms with van der Waals surface area (Å²) in [7, 11) is 0. The minimum absolute atomic E-state index is 0.0491. The average molecular weight is 339 g/mol. The number of ether oxygens (including phenoxy) is 1. The summed E-state index contributed by atoms with van der Waals surface area (Å²) in [6.07, 6.45) is 2.62. The number of non-ortho nitro benzene ring substituents is 1. The smallest absolute Gasteiger partial charge is 0.279 e. The lowest BCUT2D eigenvalue weighted by molar-refractivity contribution is -0.383. The van der Waals surface area contributed by atoms with Crippen molar-refractivity contribution in [3.63, 3.8) is 0 Å². The average Bonchev–Trinajstić information content (AvgIpc) is 2.47. The van der Waals surface area contributed by atoms with Gasteiger partial charge in [0.25, 0.3) is 5.69 Å². The molecule has 106 valence electrons. The number of rotatable bonds is 6. The van der Waals surface area contributed by atoms with Crippen LogP contribution in [-0.2, 0) is 0 Å². The van der Waals surface area contributed by atoms with Gasteiger partial charge in [-0.2, -0.15) is 0 Å². The van der Waals surface area contributed by atoms with Crippen LogP contribution < -0.4 is 4.74 Å². The van der Waals surface area contributed by atoms with Crippen molar-refractivity contribution in [3.8, 4) is 5.75 Å². The molecule has 1 aromatic heterocycles. The molecule has 0 amide bonds. The molecule has 5 nitrogen and oxygen atoms in total. The van der Waals surface area contributed by atoms with E-state index in [1.54, 1.807) is 24.4 Å². The van der Waals surface area contributed by atoms with Crippen LogP contribution in [0.15, 0.2) is 30.5 Å². The van der Waals surface area contributed by atoms with Crippen LogP contribution in [0.1, 0.15) is 13.3 Å². The fraction of sp³-hybridized carbons (Fsp3) is 0.357. The summed E-state index contributed by atoms with van der Waals surface area (Å²) in [6, 6.07) is 6.46. The second kappa shape index (κ2) is 6.65. The van der Waals surface area contributed by atoms with Crippen molar-refractivity contribution in [1.82, 2.24) is 4.98 Å². The number of hydrogen-bond donors (Lipinski definition) is 0. The molecule has 2 aromatic rings. The predicted octanol–water partition coefficient (Wildman–Crippen LogP) is 3.94. The van der Waals surface area contributed by atoms with E-state index in [9.17, 15) is 10.1 Å². The first-order chi connectivity index (χ1) is 9.67. The highest BCUT2D eigenvalue weighted by molar-refractivity contribution is 9.09. The summed E-state index contributed by atoms with van der Waals surface area (Å²) in [6.45, 7) is 2.66. The molecule has 0 aliphatic rings. The van der Waals surface area contributed by atoms with Gasteiger partial charge in [-0.15, -0.1) is 0 Å². The maximum atomic E-state index is 11.0. The van der Waals surface area contributed by atoms with Crippen LogP contribution >= 0.6 is 15.9 Å². The van der Waals surface area contributed by atoms with Crippen molar-refractivity contribution in [2.45, 2.75) is 13.3 Å². The number of nitrogens with zero attached hydrogens (tertiary/aromatic N) is 2. The number of fused-ring (bicyclic) bond motifs is 1. The summed E-state index contributed by atoms with van der Waals surface area (Å²) in [5.41, 5.74) is 0.583. The SMILES string of the molecule is CCC(CBr)COc1ccc([N+](=O)[O-])c2cccnc12. The first-order valence-electron chi connectivity index (χ1n) is 6.38. The highest BCUT2D eigenvalue weighted by atomic mass is 79.9. The topological polar surface area (TPSA) is 65.3 Å². The molecule has 1 unspecified atom stereocenters. The molecule has 0 bridgehead atoms. The highest BCUT2D eigenvalue weighted by Crippen LogP contribution is 2.31. The molecule has 1 heterocycles. The van der Waals surface area contributed by atoms with Crippen LogP contribution in [0, 0.1) is 16.0 Å². The third kappa shape index (κ3) is 3.07. The molecule has 0 aliphatic carbocycles. The second-order valence-electron chi connectivity index (χ2n) is 4.48. The van der Waals surface area contributed by atoms with Gasteiger partial charge in [-0.25, -0.2) is 0 Å². The first-order valence-corrected chi connectivity index (χ1v) is 7.50. The number of halogens is 1. The van der Waals surface area contributed by atoms with Crippen molar-refractivity contribution in [3.05, 3.63) is 40.6 Å². The summed E-state index contributed by atoms with van der Waals surface area (Å²) >= 11 is 3.45. The largest absolute Gasteiger partial charge is 0.491 e. The van der Waals surface area contributed by atoms with E-state index in [1.807, 2.05) is 0 Å². The molecule has 1 aromatic carbocycles. The zero-order chi connectivity index (χ0) is 14.5. The number of nitro groups is 1.